The minimum absolute atomic E-state index is 0.0359. The lowest BCUT2D eigenvalue weighted by molar-refractivity contribution is 0.317. The number of hydrogen-bond acceptors (Lipinski definition) is 5. The first-order valence-corrected chi connectivity index (χ1v) is 10.5. The summed E-state index contributed by atoms with van der Waals surface area (Å²) in [4.78, 5) is 8.98. The molecule has 4 rings (SSSR count). The number of oxazole rings is 1. The van der Waals surface area contributed by atoms with Gasteiger partial charge in [0, 0.05) is 20.7 Å². The van der Waals surface area contributed by atoms with Crippen LogP contribution >= 0.6 is 31.9 Å². The molecule has 29 heavy (non-hydrogen) atoms. The van der Waals surface area contributed by atoms with E-state index in [1.54, 1.807) is 12.3 Å². The first-order chi connectivity index (χ1) is 14.1. The highest BCUT2D eigenvalue weighted by molar-refractivity contribution is 9.13. The van der Waals surface area contributed by atoms with Crippen molar-refractivity contribution in [3.63, 3.8) is 0 Å². The molecule has 7 heteroatoms. The van der Waals surface area contributed by atoms with Crippen molar-refractivity contribution in [2.75, 3.05) is 6.61 Å². The van der Waals surface area contributed by atoms with Crippen molar-refractivity contribution in [1.29, 1.82) is 0 Å². The second-order valence-corrected chi connectivity index (χ2v) is 7.80. The topological polar surface area (TPSA) is 67.9 Å². The standard InChI is InChI=1S/C22H16Br2N2O3/c1-2-28-19-11-16(23)20(24)15(21(19)27)12-25-14-9-7-13(8-10-14)22-26-17-5-3-4-6-18(17)29-22/h3-12,27H,2H2,1H3. The van der Waals surface area contributed by atoms with Crippen LogP contribution < -0.4 is 4.74 Å². The van der Waals surface area contributed by atoms with E-state index in [1.165, 1.54) is 0 Å². The van der Waals surface area contributed by atoms with Crippen LogP contribution in [0.1, 0.15) is 12.5 Å². The van der Waals surface area contributed by atoms with E-state index >= 15 is 0 Å². The van der Waals surface area contributed by atoms with Crippen LogP contribution in [0.15, 0.2) is 73.0 Å². The van der Waals surface area contributed by atoms with Crippen LogP contribution in [0.4, 0.5) is 5.69 Å². The van der Waals surface area contributed by atoms with Gasteiger partial charge in [0.2, 0.25) is 5.89 Å². The van der Waals surface area contributed by atoms with Gasteiger partial charge in [-0.05, 0) is 81.2 Å². The molecule has 4 aromatic rings. The Hall–Kier alpha value is -2.64. The Labute approximate surface area is 184 Å². The number of phenolic OH excluding ortho intramolecular Hbond substituents is 1. The average Bonchev–Trinajstić information content (AvgIpc) is 3.17. The van der Waals surface area contributed by atoms with Gasteiger partial charge >= 0.3 is 0 Å². The van der Waals surface area contributed by atoms with Crippen molar-refractivity contribution in [1.82, 2.24) is 4.98 Å². The Morgan fingerprint density at radius 1 is 1.14 bits per heavy atom. The molecule has 0 aliphatic carbocycles. The third-order valence-electron chi connectivity index (χ3n) is 4.24. The highest BCUT2D eigenvalue weighted by Crippen LogP contribution is 2.40. The Morgan fingerprint density at radius 2 is 1.90 bits per heavy atom. The molecule has 0 bridgehead atoms. The monoisotopic (exact) mass is 514 g/mol. The summed E-state index contributed by atoms with van der Waals surface area (Å²) in [6.45, 7) is 2.32. The van der Waals surface area contributed by atoms with E-state index in [0.717, 1.165) is 26.8 Å². The van der Waals surface area contributed by atoms with E-state index in [0.29, 0.717) is 28.3 Å². The number of phenols is 1. The average molecular weight is 516 g/mol. The van der Waals surface area contributed by atoms with Crippen LogP contribution in [0.25, 0.3) is 22.6 Å². The summed E-state index contributed by atoms with van der Waals surface area (Å²) < 4.78 is 12.7. The Balaban J connectivity index is 1.61. The SMILES string of the molecule is CCOc1cc(Br)c(Br)c(C=Nc2ccc(-c3nc4ccccc4o3)cc2)c1O. The van der Waals surface area contributed by atoms with Gasteiger partial charge in [-0.25, -0.2) is 4.98 Å². The molecule has 0 atom stereocenters. The quantitative estimate of drug-likeness (QED) is 0.294. The second kappa shape index (κ2) is 8.39. The van der Waals surface area contributed by atoms with E-state index < -0.39 is 0 Å². The maximum atomic E-state index is 10.5. The number of nitrogens with zero attached hydrogens (tertiary/aromatic N) is 2. The van der Waals surface area contributed by atoms with Crippen molar-refractivity contribution in [3.05, 3.63) is 69.1 Å². The van der Waals surface area contributed by atoms with Gasteiger partial charge in [0.1, 0.15) is 5.52 Å². The first-order valence-electron chi connectivity index (χ1n) is 8.90. The van der Waals surface area contributed by atoms with Crippen molar-refractivity contribution < 1.29 is 14.3 Å². The zero-order valence-corrected chi connectivity index (χ0v) is 18.6. The molecular formula is C22H16Br2N2O3. The lowest BCUT2D eigenvalue weighted by Gasteiger charge is -2.11. The number of aromatic nitrogens is 1. The van der Waals surface area contributed by atoms with E-state index in [4.69, 9.17) is 9.15 Å². The van der Waals surface area contributed by atoms with Crippen LogP contribution in [0.3, 0.4) is 0 Å². The largest absolute Gasteiger partial charge is 0.504 e. The maximum Gasteiger partial charge on any atom is 0.227 e. The zero-order chi connectivity index (χ0) is 20.4. The molecule has 146 valence electrons. The van der Waals surface area contributed by atoms with Gasteiger partial charge in [-0.3, -0.25) is 4.99 Å². The summed E-state index contributed by atoms with van der Waals surface area (Å²) in [6.07, 6.45) is 1.60. The summed E-state index contributed by atoms with van der Waals surface area (Å²) in [5.74, 6) is 1.000. The molecule has 1 heterocycles. The number of aromatic hydroxyl groups is 1. The minimum Gasteiger partial charge on any atom is -0.504 e. The summed E-state index contributed by atoms with van der Waals surface area (Å²) >= 11 is 6.93. The summed E-state index contributed by atoms with van der Waals surface area (Å²) in [5, 5.41) is 10.5. The Kier molecular flexibility index (Phi) is 5.69. The van der Waals surface area contributed by atoms with E-state index in [2.05, 4.69) is 41.8 Å². The molecule has 0 amide bonds. The number of para-hydroxylation sites is 2. The highest BCUT2D eigenvalue weighted by atomic mass is 79.9. The third kappa shape index (κ3) is 4.06. The summed E-state index contributed by atoms with van der Waals surface area (Å²) in [6, 6.07) is 16.9. The molecule has 0 unspecified atom stereocenters. The van der Waals surface area contributed by atoms with Gasteiger partial charge in [0.25, 0.3) is 0 Å². The molecular weight excluding hydrogens is 500 g/mol. The van der Waals surface area contributed by atoms with Crippen molar-refractivity contribution in [2.24, 2.45) is 4.99 Å². The number of benzene rings is 3. The van der Waals surface area contributed by atoms with Crippen LogP contribution in [-0.2, 0) is 0 Å². The van der Waals surface area contributed by atoms with Crippen molar-refractivity contribution in [2.45, 2.75) is 6.92 Å². The summed E-state index contributed by atoms with van der Waals surface area (Å²) in [7, 11) is 0. The normalized spacial score (nSPS) is 11.4. The number of rotatable bonds is 5. The van der Waals surface area contributed by atoms with Gasteiger partial charge in [-0.2, -0.15) is 0 Å². The number of hydrogen-bond donors (Lipinski definition) is 1. The van der Waals surface area contributed by atoms with E-state index in [1.807, 2.05) is 55.5 Å². The first kappa shape index (κ1) is 19.7. The number of fused-ring (bicyclic) bond motifs is 1. The third-order valence-corrected chi connectivity index (χ3v) is 6.26. The fourth-order valence-corrected chi connectivity index (χ4v) is 3.65. The molecule has 0 saturated heterocycles. The van der Waals surface area contributed by atoms with Gasteiger partial charge in [-0.1, -0.05) is 12.1 Å². The van der Waals surface area contributed by atoms with Gasteiger partial charge in [0.15, 0.2) is 17.1 Å². The fourth-order valence-electron chi connectivity index (χ4n) is 2.82. The minimum atomic E-state index is 0.0359. The van der Waals surface area contributed by atoms with Gasteiger partial charge in [-0.15, -0.1) is 0 Å². The number of aliphatic imine (C=N–C) groups is 1. The lowest BCUT2D eigenvalue weighted by atomic mass is 10.2. The highest BCUT2D eigenvalue weighted by Gasteiger charge is 2.14. The molecule has 5 nitrogen and oxygen atoms in total. The molecule has 0 spiro atoms. The maximum absolute atomic E-state index is 10.5. The second-order valence-electron chi connectivity index (χ2n) is 6.16. The fraction of sp³-hybridized carbons (Fsp3) is 0.0909. The Bertz CT molecular complexity index is 1170. The molecule has 3 aromatic carbocycles. The van der Waals surface area contributed by atoms with E-state index in [-0.39, 0.29) is 5.75 Å². The lowest BCUT2D eigenvalue weighted by Crippen LogP contribution is -1.95. The van der Waals surface area contributed by atoms with Crippen LogP contribution in [0.2, 0.25) is 0 Å². The molecule has 0 aliphatic heterocycles. The van der Waals surface area contributed by atoms with Gasteiger partial charge < -0.3 is 14.3 Å². The number of halogens is 2. The van der Waals surface area contributed by atoms with Crippen LogP contribution in [0.5, 0.6) is 11.5 Å². The van der Waals surface area contributed by atoms with Crippen LogP contribution in [-0.4, -0.2) is 22.9 Å². The molecule has 0 aliphatic rings. The molecule has 0 radical (unpaired) electrons. The van der Waals surface area contributed by atoms with Crippen LogP contribution in [0, 0.1) is 0 Å². The predicted octanol–water partition coefficient (Wildman–Crippen LogP) is 6.87. The number of ether oxygens (including phenoxy) is 1. The molecule has 1 aromatic heterocycles. The summed E-state index contributed by atoms with van der Waals surface area (Å²) in [5.41, 5.74) is 3.71. The zero-order valence-electron chi connectivity index (χ0n) is 15.4. The van der Waals surface area contributed by atoms with E-state index in [9.17, 15) is 5.11 Å². The Morgan fingerprint density at radius 3 is 2.62 bits per heavy atom. The molecule has 1 N–H and O–H groups in total. The molecule has 0 fully saturated rings. The van der Waals surface area contributed by atoms with Gasteiger partial charge in [0.05, 0.1) is 17.9 Å². The van der Waals surface area contributed by atoms with Crippen molar-refractivity contribution in [3.8, 4) is 23.0 Å². The smallest absolute Gasteiger partial charge is 0.227 e. The van der Waals surface area contributed by atoms with Crippen molar-refractivity contribution >= 4 is 54.9 Å². The molecule has 0 saturated carbocycles. The predicted molar refractivity (Wildman–Crippen MR) is 121 cm³/mol.